The van der Waals surface area contributed by atoms with Gasteiger partial charge in [-0.2, -0.15) is 5.10 Å². The zero-order valence-corrected chi connectivity index (χ0v) is 16.8. The molecule has 156 valence electrons. The fourth-order valence-electron chi connectivity index (χ4n) is 3.86. The Morgan fingerprint density at radius 2 is 1.74 bits per heavy atom. The van der Waals surface area contributed by atoms with E-state index in [-0.39, 0.29) is 11.7 Å². The van der Waals surface area contributed by atoms with Gasteiger partial charge in [-0.05, 0) is 42.5 Å². The number of carbonyl (C=O) groups is 1. The van der Waals surface area contributed by atoms with Crippen LogP contribution in [0.3, 0.4) is 0 Å². The molecule has 1 amide bonds. The molecule has 1 aromatic carbocycles. The van der Waals surface area contributed by atoms with Crippen LogP contribution in [0.1, 0.15) is 10.4 Å². The molecule has 7 nitrogen and oxygen atoms in total. The minimum absolute atomic E-state index is 0.0907. The van der Waals surface area contributed by atoms with Gasteiger partial charge >= 0.3 is 0 Å². The number of pyridine rings is 1. The number of hydrogen-bond acceptors (Lipinski definition) is 4. The minimum Gasteiger partial charge on any atom is -0.353 e. The Labute approximate surface area is 179 Å². The molecule has 3 aromatic heterocycles. The zero-order valence-electron chi connectivity index (χ0n) is 16.8. The zero-order chi connectivity index (χ0) is 21.2. The van der Waals surface area contributed by atoms with Gasteiger partial charge in [-0.25, -0.2) is 14.1 Å². The number of nitrogens with zero attached hydrogens (tertiary/aromatic N) is 6. The molecule has 0 bridgehead atoms. The Balaban J connectivity index is 1.43. The van der Waals surface area contributed by atoms with Gasteiger partial charge in [0.25, 0.3) is 5.91 Å². The van der Waals surface area contributed by atoms with Crippen molar-refractivity contribution in [3.8, 4) is 11.5 Å². The maximum atomic E-state index is 13.8. The van der Waals surface area contributed by atoms with Gasteiger partial charge in [-0.15, -0.1) is 0 Å². The van der Waals surface area contributed by atoms with Crippen LogP contribution in [0.15, 0.2) is 79.4 Å². The molecule has 5 rings (SSSR count). The van der Waals surface area contributed by atoms with E-state index in [0.29, 0.717) is 43.2 Å². The molecule has 0 atom stereocenters. The average Bonchev–Trinajstić information content (AvgIpc) is 3.49. The minimum atomic E-state index is -0.357. The Morgan fingerprint density at radius 1 is 0.935 bits per heavy atom. The van der Waals surface area contributed by atoms with Gasteiger partial charge in [0.05, 0.1) is 11.9 Å². The third kappa shape index (κ3) is 3.68. The monoisotopic (exact) mass is 416 g/mol. The van der Waals surface area contributed by atoms with Crippen LogP contribution in [0.5, 0.6) is 0 Å². The number of carbonyl (C=O) groups excluding carboxylic acids is 1. The Hall–Kier alpha value is -3.94. The number of benzene rings is 1. The first-order valence-electron chi connectivity index (χ1n) is 10.1. The first kappa shape index (κ1) is 19.0. The van der Waals surface area contributed by atoms with Crippen LogP contribution in [-0.2, 0) is 0 Å². The number of piperazine rings is 1. The second-order valence-corrected chi connectivity index (χ2v) is 7.33. The summed E-state index contributed by atoms with van der Waals surface area (Å²) in [6.45, 7) is 2.59. The molecule has 8 heteroatoms. The Kier molecular flexibility index (Phi) is 4.95. The lowest BCUT2D eigenvalue weighted by Gasteiger charge is -2.35. The highest BCUT2D eigenvalue weighted by molar-refractivity contribution is 5.97. The van der Waals surface area contributed by atoms with Crippen LogP contribution in [0, 0.1) is 5.82 Å². The fraction of sp³-hybridized carbons (Fsp3) is 0.174. The Bertz CT molecular complexity index is 1180. The number of halogens is 1. The van der Waals surface area contributed by atoms with E-state index in [1.54, 1.807) is 29.2 Å². The van der Waals surface area contributed by atoms with Crippen LogP contribution < -0.4 is 4.90 Å². The van der Waals surface area contributed by atoms with Crippen LogP contribution in [0.4, 0.5) is 10.2 Å². The molecule has 1 aliphatic heterocycles. The third-order valence-electron chi connectivity index (χ3n) is 5.42. The molecule has 0 radical (unpaired) electrons. The molecule has 4 heterocycles. The van der Waals surface area contributed by atoms with E-state index >= 15 is 0 Å². The smallest absolute Gasteiger partial charge is 0.259 e. The van der Waals surface area contributed by atoms with Gasteiger partial charge in [0.15, 0.2) is 5.82 Å². The highest BCUT2D eigenvalue weighted by Gasteiger charge is 2.27. The summed E-state index contributed by atoms with van der Waals surface area (Å²) in [7, 11) is 0. The maximum absolute atomic E-state index is 13.8. The van der Waals surface area contributed by atoms with Crippen LogP contribution in [0.2, 0.25) is 0 Å². The first-order valence-corrected chi connectivity index (χ1v) is 10.1. The summed E-state index contributed by atoms with van der Waals surface area (Å²) in [6, 6.07) is 15.8. The molecule has 0 unspecified atom stereocenters. The number of rotatable bonds is 4. The summed E-state index contributed by atoms with van der Waals surface area (Å²) in [5, 5.41) is 4.42. The standard InChI is InChI=1S/C23H21FN6O/c24-18-6-5-7-19(16-18)30-22(28-10-3-4-11-28)20(17-26-30)23(31)29-14-12-27(13-15-29)21-8-1-2-9-25-21/h1-11,16-17H,12-15H2. The lowest BCUT2D eigenvalue weighted by Crippen LogP contribution is -2.49. The molecule has 1 saturated heterocycles. The van der Waals surface area contributed by atoms with E-state index in [1.807, 2.05) is 52.2 Å². The number of anilines is 1. The van der Waals surface area contributed by atoms with Crippen molar-refractivity contribution < 1.29 is 9.18 Å². The molecule has 31 heavy (non-hydrogen) atoms. The topological polar surface area (TPSA) is 59.2 Å². The fourth-order valence-corrected chi connectivity index (χ4v) is 3.86. The van der Waals surface area contributed by atoms with Gasteiger partial charge in [0.2, 0.25) is 0 Å². The van der Waals surface area contributed by atoms with E-state index in [0.717, 1.165) is 5.82 Å². The average molecular weight is 416 g/mol. The number of aromatic nitrogens is 4. The van der Waals surface area contributed by atoms with E-state index < -0.39 is 0 Å². The summed E-state index contributed by atoms with van der Waals surface area (Å²) < 4.78 is 17.3. The van der Waals surface area contributed by atoms with Crippen LogP contribution in [0.25, 0.3) is 11.5 Å². The highest BCUT2D eigenvalue weighted by atomic mass is 19.1. The van der Waals surface area contributed by atoms with Crippen molar-refractivity contribution in [3.05, 3.63) is 90.8 Å². The van der Waals surface area contributed by atoms with Crippen molar-refractivity contribution in [2.45, 2.75) is 0 Å². The Morgan fingerprint density at radius 3 is 2.45 bits per heavy atom. The summed E-state index contributed by atoms with van der Waals surface area (Å²) in [4.78, 5) is 21.8. The van der Waals surface area contributed by atoms with Crippen molar-refractivity contribution in [1.29, 1.82) is 0 Å². The van der Waals surface area contributed by atoms with E-state index in [9.17, 15) is 9.18 Å². The van der Waals surface area contributed by atoms with E-state index in [2.05, 4.69) is 15.0 Å². The quantitative estimate of drug-likeness (QED) is 0.513. The molecule has 0 aliphatic carbocycles. The lowest BCUT2D eigenvalue weighted by molar-refractivity contribution is 0.0746. The van der Waals surface area contributed by atoms with Crippen molar-refractivity contribution in [2.75, 3.05) is 31.1 Å². The molecule has 4 aromatic rings. The summed E-state index contributed by atoms with van der Waals surface area (Å²) in [6.07, 6.45) is 7.04. The highest BCUT2D eigenvalue weighted by Crippen LogP contribution is 2.23. The molecule has 1 fully saturated rings. The first-order chi connectivity index (χ1) is 15.2. The number of amides is 1. The summed E-state index contributed by atoms with van der Waals surface area (Å²) in [5.74, 6) is 1.06. The van der Waals surface area contributed by atoms with Crippen molar-refractivity contribution in [1.82, 2.24) is 24.2 Å². The van der Waals surface area contributed by atoms with Gasteiger partial charge < -0.3 is 14.4 Å². The summed E-state index contributed by atoms with van der Waals surface area (Å²) in [5.41, 5.74) is 1.04. The second kappa shape index (κ2) is 8.06. The van der Waals surface area contributed by atoms with Crippen LogP contribution in [-0.4, -0.2) is 56.3 Å². The van der Waals surface area contributed by atoms with E-state index in [1.165, 1.54) is 12.1 Å². The van der Waals surface area contributed by atoms with Gasteiger partial charge in [-0.3, -0.25) is 4.79 Å². The van der Waals surface area contributed by atoms with Crippen molar-refractivity contribution in [3.63, 3.8) is 0 Å². The van der Waals surface area contributed by atoms with Crippen LogP contribution >= 0.6 is 0 Å². The predicted molar refractivity (Wildman–Crippen MR) is 115 cm³/mol. The van der Waals surface area contributed by atoms with Crippen molar-refractivity contribution in [2.24, 2.45) is 0 Å². The molecule has 0 spiro atoms. The molecule has 0 N–H and O–H groups in total. The normalized spacial score (nSPS) is 14.1. The second-order valence-electron chi connectivity index (χ2n) is 7.33. The molecular formula is C23H21FN6O. The summed E-state index contributed by atoms with van der Waals surface area (Å²) >= 11 is 0. The third-order valence-corrected chi connectivity index (χ3v) is 5.42. The molecular weight excluding hydrogens is 395 g/mol. The largest absolute Gasteiger partial charge is 0.353 e. The predicted octanol–water partition coefficient (Wildman–Crippen LogP) is 3.16. The molecule has 1 aliphatic rings. The van der Waals surface area contributed by atoms with Crippen molar-refractivity contribution >= 4 is 11.7 Å². The SMILES string of the molecule is O=C(c1cnn(-c2cccc(F)c2)c1-n1cccc1)N1CCN(c2ccccn2)CC1. The van der Waals surface area contributed by atoms with Gasteiger partial charge in [0.1, 0.15) is 17.2 Å². The lowest BCUT2D eigenvalue weighted by atomic mass is 10.2. The molecule has 0 saturated carbocycles. The van der Waals surface area contributed by atoms with Gasteiger partial charge in [0, 0.05) is 44.8 Å². The van der Waals surface area contributed by atoms with E-state index in [4.69, 9.17) is 0 Å². The number of hydrogen-bond donors (Lipinski definition) is 0. The maximum Gasteiger partial charge on any atom is 0.259 e. The van der Waals surface area contributed by atoms with Gasteiger partial charge in [-0.1, -0.05) is 12.1 Å².